The number of nitrogens with zero attached hydrogens (tertiary/aromatic N) is 1. The summed E-state index contributed by atoms with van der Waals surface area (Å²) in [5.41, 5.74) is 7.10. The van der Waals surface area contributed by atoms with Crippen LogP contribution in [-0.4, -0.2) is 29.6 Å². The molecule has 1 amide bonds. The molecule has 0 saturated carbocycles. The fourth-order valence-corrected chi connectivity index (χ4v) is 1.69. The predicted molar refractivity (Wildman–Crippen MR) is 78.6 cm³/mol. The minimum absolute atomic E-state index is 0.385. The molecule has 0 aliphatic rings. The van der Waals surface area contributed by atoms with E-state index < -0.39 is 24.0 Å². The Morgan fingerprint density at radius 1 is 1.25 bits per heavy atom. The van der Waals surface area contributed by atoms with Gasteiger partial charge in [-0.3, -0.25) is 14.5 Å². The number of carbonyl (C=O) groups is 2. The topological polar surface area (TPSA) is 83.6 Å². The Kier molecular flexibility index (Phi) is 4.89. The Balaban J connectivity index is 3.09. The lowest BCUT2D eigenvalue weighted by molar-refractivity contribution is -0.137. The first-order valence-electron chi connectivity index (χ1n) is 6.48. The molecule has 0 aromatic heterocycles. The number of hydrogen-bond acceptors (Lipinski definition) is 3. The molecule has 0 saturated heterocycles. The first-order valence-corrected chi connectivity index (χ1v) is 6.48. The number of carboxylic acid groups (broad SMARTS) is 1. The number of anilines is 1. The molecule has 3 N–H and O–H groups in total. The molecule has 0 bridgehead atoms. The van der Waals surface area contributed by atoms with Crippen LogP contribution in [0.4, 0.5) is 5.69 Å². The Morgan fingerprint density at radius 2 is 1.75 bits per heavy atom. The van der Waals surface area contributed by atoms with E-state index in [1.165, 1.54) is 4.90 Å². The van der Waals surface area contributed by atoms with Crippen molar-refractivity contribution in [3.05, 3.63) is 29.8 Å². The molecule has 1 aromatic carbocycles. The summed E-state index contributed by atoms with van der Waals surface area (Å²) >= 11 is 0. The highest BCUT2D eigenvalue weighted by Gasteiger charge is 2.32. The third-order valence-corrected chi connectivity index (χ3v) is 3.10. The number of carboxylic acids is 1. The summed E-state index contributed by atoms with van der Waals surface area (Å²) in [5, 5.41) is 9.00. The summed E-state index contributed by atoms with van der Waals surface area (Å²) in [4.78, 5) is 24.7. The van der Waals surface area contributed by atoms with Gasteiger partial charge in [-0.15, -0.1) is 0 Å². The van der Waals surface area contributed by atoms with Crippen LogP contribution in [0.15, 0.2) is 24.3 Å². The summed E-state index contributed by atoms with van der Waals surface area (Å²) < 4.78 is 0. The lowest BCUT2D eigenvalue weighted by atomic mass is 9.86. The normalized spacial score (nSPS) is 12.8. The highest BCUT2D eigenvalue weighted by atomic mass is 16.4. The second kappa shape index (κ2) is 6.05. The molecule has 0 aliphatic carbocycles. The van der Waals surface area contributed by atoms with E-state index in [9.17, 15) is 9.59 Å². The number of aliphatic carboxylic acids is 1. The molecule has 1 rings (SSSR count). The molecule has 110 valence electrons. The van der Waals surface area contributed by atoms with Gasteiger partial charge in [0.1, 0.15) is 6.54 Å². The van der Waals surface area contributed by atoms with Gasteiger partial charge in [-0.25, -0.2) is 0 Å². The van der Waals surface area contributed by atoms with Gasteiger partial charge < -0.3 is 10.8 Å². The molecule has 5 nitrogen and oxygen atoms in total. The van der Waals surface area contributed by atoms with E-state index in [1.807, 2.05) is 39.8 Å². The van der Waals surface area contributed by atoms with Crippen molar-refractivity contribution in [2.75, 3.05) is 11.4 Å². The Labute approximate surface area is 119 Å². The average molecular weight is 278 g/mol. The van der Waals surface area contributed by atoms with E-state index in [1.54, 1.807) is 12.1 Å². The van der Waals surface area contributed by atoms with Gasteiger partial charge in [-0.05, 0) is 24.5 Å². The molecular weight excluding hydrogens is 256 g/mol. The van der Waals surface area contributed by atoms with Crippen LogP contribution in [0.2, 0.25) is 0 Å². The summed E-state index contributed by atoms with van der Waals surface area (Å²) in [5.74, 6) is -1.45. The van der Waals surface area contributed by atoms with Crippen LogP contribution in [0.3, 0.4) is 0 Å². The fourth-order valence-electron chi connectivity index (χ4n) is 1.69. The van der Waals surface area contributed by atoms with Crippen molar-refractivity contribution in [1.29, 1.82) is 0 Å². The van der Waals surface area contributed by atoms with Crippen molar-refractivity contribution >= 4 is 17.6 Å². The summed E-state index contributed by atoms with van der Waals surface area (Å²) in [6.07, 6.45) is 0. The van der Waals surface area contributed by atoms with Gasteiger partial charge in [0.2, 0.25) is 5.91 Å². The molecule has 1 atom stereocenters. The Bertz CT molecular complexity index is 489. The highest BCUT2D eigenvalue weighted by Crippen LogP contribution is 2.22. The van der Waals surface area contributed by atoms with Gasteiger partial charge in [-0.1, -0.05) is 38.5 Å². The van der Waals surface area contributed by atoms with Crippen LogP contribution in [-0.2, 0) is 9.59 Å². The molecule has 0 aliphatic heterocycles. The van der Waals surface area contributed by atoms with Crippen LogP contribution in [0, 0.1) is 12.3 Å². The Morgan fingerprint density at radius 3 is 2.15 bits per heavy atom. The van der Waals surface area contributed by atoms with Crippen molar-refractivity contribution in [2.24, 2.45) is 11.1 Å². The van der Waals surface area contributed by atoms with Crippen molar-refractivity contribution in [2.45, 2.75) is 33.7 Å². The van der Waals surface area contributed by atoms with Crippen molar-refractivity contribution in [3.63, 3.8) is 0 Å². The monoisotopic (exact) mass is 278 g/mol. The average Bonchev–Trinajstić information content (AvgIpc) is 2.34. The van der Waals surface area contributed by atoms with Crippen molar-refractivity contribution < 1.29 is 14.7 Å². The molecule has 0 spiro atoms. The minimum atomic E-state index is -1.07. The van der Waals surface area contributed by atoms with Crippen molar-refractivity contribution in [3.8, 4) is 0 Å². The quantitative estimate of drug-likeness (QED) is 0.879. The number of carbonyl (C=O) groups excluding carboxylic acids is 1. The van der Waals surface area contributed by atoms with Gasteiger partial charge in [0.25, 0.3) is 0 Å². The number of amides is 1. The van der Waals surface area contributed by atoms with E-state index in [4.69, 9.17) is 10.8 Å². The maximum absolute atomic E-state index is 12.4. The predicted octanol–water partition coefficient (Wildman–Crippen LogP) is 1.79. The number of benzene rings is 1. The largest absolute Gasteiger partial charge is 0.480 e. The Hall–Kier alpha value is -1.88. The molecule has 1 unspecified atom stereocenters. The summed E-state index contributed by atoms with van der Waals surface area (Å²) in [6.45, 7) is 7.08. The summed E-state index contributed by atoms with van der Waals surface area (Å²) in [7, 11) is 0. The van der Waals surface area contributed by atoms with E-state index in [2.05, 4.69) is 0 Å². The third kappa shape index (κ3) is 4.06. The van der Waals surface area contributed by atoms with Crippen LogP contribution < -0.4 is 10.6 Å². The molecule has 20 heavy (non-hydrogen) atoms. The second-order valence-electron chi connectivity index (χ2n) is 6.00. The number of aryl methyl sites for hydroxylation is 1. The molecule has 0 fully saturated rings. The van der Waals surface area contributed by atoms with Crippen LogP contribution in [0.25, 0.3) is 0 Å². The highest BCUT2D eigenvalue weighted by molar-refractivity contribution is 6.00. The summed E-state index contributed by atoms with van der Waals surface area (Å²) in [6, 6.07) is 6.36. The zero-order chi connectivity index (χ0) is 15.5. The molecule has 5 heteroatoms. The number of nitrogens with two attached hydrogens (primary N) is 1. The molecule has 0 radical (unpaired) electrons. The third-order valence-electron chi connectivity index (χ3n) is 3.10. The smallest absolute Gasteiger partial charge is 0.323 e. The molecule has 0 heterocycles. The number of rotatable bonds is 4. The van der Waals surface area contributed by atoms with E-state index in [0.717, 1.165) is 5.56 Å². The zero-order valence-electron chi connectivity index (χ0n) is 12.4. The zero-order valence-corrected chi connectivity index (χ0v) is 12.4. The second-order valence-corrected chi connectivity index (χ2v) is 6.00. The lowest BCUT2D eigenvalue weighted by Gasteiger charge is -2.31. The van der Waals surface area contributed by atoms with E-state index in [0.29, 0.717) is 5.69 Å². The molecule has 1 aromatic rings. The van der Waals surface area contributed by atoms with Crippen LogP contribution >= 0.6 is 0 Å². The van der Waals surface area contributed by atoms with E-state index in [-0.39, 0.29) is 5.91 Å². The van der Waals surface area contributed by atoms with Crippen LogP contribution in [0.1, 0.15) is 26.3 Å². The van der Waals surface area contributed by atoms with Gasteiger partial charge >= 0.3 is 5.97 Å². The minimum Gasteiger partial charge on any atom is -0.480 e. The first kappa shape index (κ1) is 16.2. The maximum Gasteiger partial charge on any atom is 0.323 e. The number of hydrogen-bond donors (Lipinski definition) is 2. The standard InChI is InChI=1S/C15H22N2O3/c1-10-5-7-11(8-6-10)17(9-12(18)19)14(20)13(16)15(2,3)4/h5-8,13H,9,16H2,1-4H3,(H,18,19). The first-order chi connectivity index (χ1) is 9.12. The van der Waals surface area contributed by atoms with Gasteiger partial charge in [0, 0.05) is 5.69 Å². The van der Waals surface area contributed by atoms with Gasteiger partial charge in [0.15, 0.2) is 0 Å². The van der Waals surface area contributed by atoms with E-state index >= 15 is 0 Å². The maximum atomic E-state index is 12.4. The SMILES string of the molecule is Cc1ccc(N(CC(=O)O)C(=O)C(N)C(C)(C)C)cc1. The fraction of sp³-hybridized carbons (Fsp3) is 0.467. The molecular formula is C15H22N2O3. The van der Waals surface area contributed by atoms with Crippen LogP contribution in [0.5, 0.6) is 0 Å². The van der Waals surface area contributed by atoms with Crippen molar-refractivity contribution in [1.82, 2.24) is 0 Å². The van der Waals surface area contributed by atoms with Gasteiger partial charge in [0.05, 0.1) is 6.04 Å². The van der Waals surface area contributed by atoms with Gasteiger partial charge in [-0.2, -0.15) is 0 Å². The lowest BCUT2D eigenvalue weighted by Crippen LogP contribution is -2.51.